The molecule has 0 bridgehead atoms. The van der Waals surface area contributed by atoms with Crippen molar-refractivity contribution < 1.29 is 17.9 Å². The van der Waals surface area contributed by atoms with E-state index >= 15 is 0 Å². The number of rotatable bonds is 6. The minimum absolute atomic E-state index is 0.0331. The van der Waals surface area contributed by atoms with Crippen LogP contribution in [0.5, 0.6) is 0 Å². The first-order valence-corrected chi connectivity index (χ1v) is 9.99. The molecule has 1 aromatic heterocycles. The lowest BCUT2D eigenvalue weighted by atomic mass is 10.0. The van der Waals surface area contributed by atoms with E-state index in [1.54, 1.807) is 24.3 Å². The minimum Gasteiger partial charge on any atom is -0.469 e. The molecule has 3 rings (SSSR count). The summed E-state index contributed by atoms with van der Waals surface area (Å²) in [5.41, 5.74) is 2.53. The normalized spacial score (nSPS) is 12.8. The van der Waals surface area contributed by atoms with Gasteiger partial charge in [-0.1, -0.05) is 35.9 Å². The van der Waals surface area contributed by atoms with Gasteiger partial charge in [0.15, 0.2) is 0 Å². The van der Waals surface area contributed by atoms with Gasteiger partial charge in [-0.2, -0.15) is 8.75 Å². The van der Waals surface area contributed by atoms with Crippen molar-refractivity contribution in [1.29, 1.82) is 0 Å². The van der Waals surface area contributed by atoms with E-state index in [0.717, 1.165) is 17.3 Å². The highest BCUT2D eigenvalue weighted by Crippen LogP contribution is 2.25. The number of ether oxygens (including phenoxy) is 1. The predicted molar refractivity (Wildman–Crippen MR) is 98.3 cm³/mol. The lowest BCUT2D eigenvalue weighted by Crippen LogP contribution is -2.30. The number of carbonyl (C=O) groups is 1. The Morgan fingerprint density at radius 3 is 2.62 bits per heavy atom. The van der Waals surface area contributed by atoms with Crippen molar-refractivity contribution in [3.8, 4) is 0 Å². The Bertz CT molecular complexity index is 1030. The molecule has 2 aromatic carbocycles. The number of sulfonamides is 1. The fourth-order valence-electron chi connectivity index (χ4n) is 2.53. The fraction of sp³-hybridized carbons (Fsp3) is 0.235. The van der Waals surface area contributed by atoms with E-state index in [2.05, 4.69) is 13.5 Å². The van der Waals surface area contributed by atoms with Crippen LogP contribution in [0.2, 0.25) is 0 Å². The summed E-state index contributed by atoms with van der Waals surface area (Å²) in [6.07, 6.45) is -0.121. The van der Waals surface area contributed by atoms with Gasteiger partial charge in [0.05, 0.1) is 31.3 Å². The fourth-order valence-corrected chi connectivity index (χ4v) is 4.52. The van der Waals surface area contributed by atoms with Crippen LogP contribution in [0, 0.1) is 6.92 Å². The number of methoxy groups -OCH3 is 1. The maximum absolute atomic E-state index is 12.9. The van der Waals surface area contributed by atoms with Crippen LogP contribution in [-0.2, 0) is 19.6 Å². The third-order valence-corrected chi connectivity index (χ3v) is 5.96. The summed E-state index contributed by atoms with van der Waals surface area (Å²) in [4.78, 5) is 11.8. The van der Waals surface area contributed by atoms with Crippen molar-refractivity contribution in [2.45, 2.75) is 24.3 Å². The summed E-state index contributed by atoms with van der Waals surface area (Å²) in [5, 5.41) is 0. The van der Waals surface area contributed by atoms with Crippen LogP contribution in [0.25, 0.3) is 11.0 Å². The molecule has 0 aliphatic heterocycles. The van der Waals surface area contributed by atoms with Crippen LogP contribution in [0.1, 0.15) is 23.6 Å². The lowest BCUT2D eigenvalue weighted by molar-refractivity contribution is -0.141. The molecule has 1 N–H and O–H groups in total. The molecule has 0 amide bonds. The number of aromatic nitrogens is 2. The number of nitrogens with one attached hydrogen (secondary N) is 1. The minimum atomic E-state index is -3.92. The van der Waals surface area contributed by atoms with E-state index in [4.69, 9.17) is 4.74 Å². The molecule has 0 spiro atoms. The largest absolute Gasteiger partial charge is 0.469 e. The highest BCUT2D eigenvalue weighted by atomic mass is 32.2. The molecule has 1 atom stereocenters. The standard InChI is InChI=1S/C17H17N3O4S2/c1-11-6-8-12(9-7-11)14(10-16(21)24-2)20-26(22,23)15-5-3-4-13-17(15)19-25-18-13/h3-9,14,20H,10H2,1-2H3/t14-/m0/s1. The van der Waals surface area contributed by atoms with Crippen LogP contribution in [-0.4, -0.2) is 30.2 Å². The summed E-state index contributed by atoms with van der Waals surface area (Å²) >= 11 is 0.948. The number of hydrogen-bond acceptors (Lipinski definition) is 7. The number of carbonyl (C=O) groups excluding carboxylic acids is 1. The highest BCUT2D eigenvalue weighted by molar-refractivity contribution is 7.89. The predicted octanol–water partition coefficient (Wildman–Crippen LogP) is 2.58. The first kappa shape index (κ1) is 18.4. The molecule has 0 unspecified atom stereocenters. The molecular weight excluding hydrogens is 374 g/mol. The number of nitrogens with zero attached hydrogens (tertiary/aromatic N) is 2. The molecule has 0 saturated carbocycles. The van der Waals surface area contributed by atoms with E-state index in [1.165, 1.54) is 13.2 Å². The van der Waals surface area contributed by atoms with Crippen molar-refractivity contribution in [2.24, 2.45) is 0 Å². The summed E-state index contributed by atoms with van der Waals surface area (Å²) in [6.45, 7) is 1.93. The van der Waals surface area contributed by atoms with Gasteiger partial charge in [0.2, 0.25) is 10.0 Å². The molecule has 0 aliphatic rings. The molecule has 0 aliphatic carbocycles. The summed E-state index contributed by atoms with van der Waals surface area (Å²) in [6, 6.07) is 11.3. The smallest absolute Gasteiger partial charge is 0.307 e. The Morgan fingerprint density at radius 1 is 1.19 bits per heavy atom. The maximum Gasteiger partial charge on any atom is 0.307 e. The Morgan fingerprint density at radius 2 is 1.92 bits per heavy atom. The quantitative estimate of drug-likeness (QED) is 0.649. The molecular formula is C17H17N3O4S2. The summed E-state index contributed by atoms with van der Waals surface area (Å²) < 4.78 is 41.3. The summed E-state index contributed by atoms with van der Waals surface area (Å²) in [5.74, 6) is -0.508. The zero-order chi connectivity index (χ0) is 18.7. The van der Waals surface area contributed by atoms with Crippen molar-refractivity contribution in [2.75, 3.05) is 7.11 Å². The number of hydrogen-bond donors (Lipinski definition) is 1. The van der Waals surface area contributed by atoms with E-state index in [-0.39, 0.29) is 11.3 Å². The second-order valence-electron chi connectivity index (χ2n) is 5.75. The number of esters is 1. The molecule has 7 nitrogen and oxygen atoms in total. The van der Waals surface area contributed by atoms with Gasteiger partial charge in [0, 0.05) is 0 Å². The molecule has 9 heteroatoms. The molecule has 1 heterocycles. The van der Waals surface area contributed by atoms with Gasteiger partial charge < -0.3 is 4.74 Å². The third kappa shape index (κ3) is 3.90. The van der Waals surface area contributed by atoms with E-state index < -0.39 is 22.0 Å². The monoisotopic (exact) mass is 391 g/mol. The summed E-state index contributed by atoms with van der Waals surface area (Å²) in [7, 11) is -2.65. The highest BCUT2D eigenvalue weighted by Gasteiger charge is 2.26. The second-order valence-corrected chi connectivity index (χ2v) is 7.96. The van der Waals surface area contributed by atoms with E-state index in [0.29, 0.717) is 16.6 Å². The van der Waals surface area contributed by atoms with Gasteiger partial charge in [0.1, 0.15) is 15.9 Å². The molecule has 0 saturated heterocycles. The van der Waals surface area contributed by atoms with Gasteiger partial charge in [-0.15, -0.1) is 0 Å². The van der Waals surface area contributed by atoms with Crippen molar-refractivity contribution in [3.63, 3.8) is 0 Å². The number of aryl methyl sites for hydroxylation is 1. The third-order valence-electron chi connectivity index (χ3n) is 3.91. The number of benzene rings is 2. The Hall–Kier alpha value is -2.36. The number of fused-ring (bicyclic) bond motifs is 1. The topological polar surface area (TPSA) is 98.2 Å². The van der Waals surface area contributed by atoms with Crippen LogP contribution in [0.4, 0.5) is 0 Å². The average Bonchev–Trinajstić information content (AvgIpc) is 3.10. The van der Waals surface area contributed by atoms with Gasteiger partial charge in [-0.3, -0.25) is 4.79 Å². The van der Waals surface area contributed by atoms with Gasteiger partial charge >= 0.3 is 5.97 Å². The van der Waals surface area contributed by atoms with Crippen LogP contribution in [0.15, 0.2) is 47.4 Å². The van der Waals surface area contributed by atoms with E-state index in [1.807, 2.05) is 19.1 Å². The second kappa shape index (κ2) is 7.48. The van der Waals surface area contributed by atoms with Crippen molar-refractivity contribution in [1.82, 2.24) is 13.5 Å². The lowest BCUT2D eigenvalue weighted by Gasteiger charge is -2.18. The Balaban J connectivity index is 1.98. The van der Waals surface area contributed by atoms with E-state index in [9.17, 15) is 13.2 Å². The average molecular weight is 391 g/mol. The first-order chi connectivity index (χ1) is 12.4. The molecule has 136 valence electrons. The van der Waals surface area contributed by atoms with Crippen LogP contribution in [0.3, 0.4) is 0 Å². The molecule has 26 heavy (non-hydrogen) atoms. The Kier molecular flexibility index (Phi) is 5.30. The molecule has 0 radical (unpaired) electrons. The molecule has 0 fully saturated rings. The SMILES string of the molecule is COC(=O)C[C@H](NS(=O)(=O)c1cccc2nsnc12)c1ccc(C)cc1. The van der Waals surface area contributed by atoms with Crippen LogP contribution >= 0.6 is 11.7 Å². The van der Waals surface area contributed by atoms with Crippen molar-refractivity contribution in [3.05, 3.63) is 53.6 Å². The molecule has 3 aromatic rings. The zero-order valence-corrected chi connectivity index (χ0v) is 15.8. The van der Waals surface area contributed by atoms with Crippen LogP contribution < -0.4 is 4.72 Å². The zero-order valence-electron chi connectivity index (χ0n) is 14.2. The first-order valence-electron chi connectivity index (χ1n) is 7.77. The van der Waals surface area contributed by atoms with Gasteiger partial charge in [-0.05, 0) is 24.6 Å². The van der Waals surface area contributed by atoms with Crippen molar-refractivity contribution >= 4 is 38.8 Å². The van der Waals surface area contributed by atoms with Gasteiger partial charge in [-0.25, -0.2) is 13.1 Å². The Labute approximate surface area is 155 Å². The maximum atomic E-state index is 12.9. The van der Waals surface area contributed by atoms with Gasteiger partial charge in [0.25, 0.3) is 0 Å².